The lowest BCUT2D eigenvalue weighted by Crippen LogP contribution is -2.22. The van der Waals surface area contributed by atoms with Gasteiger partial charge in [-0.15, -0.1) is 0 Å². The second-order valence-corrected chi connectivity index (χ2v) is 5.48. The van der Waals surface area contributed by atoms with E-state index in [-0.39, 0.29) is 12.4 Å². The molecular formula is C16H18ClFN2O. The van der Waals surface area contributed by atoms with E-state index in [0.29, 0.717) is 28.9 Å². The van der Waals surface area contributed by atoms with Crippen molar-refractivity contribution in [2.45, 2.75) is 33.0 Å². The average Bonchev–Trinajstić information content (AvgIpc) is 2.47. The molecule has 0 atom stereocenters. The van der Waals surface area contributed by atoms with E-state index in [1.54, 1.807) is 12.3 Å². The van der Waals surface area contributed by atoms with Gasteiger partial charge in [-0.3, -0.25) is 4.98 Å². The molecule has 0 saturated carbocycles. The molecule has 0 saturated heterocycles. The van der Waals surface area contributed by atoms with E-state index < -0.39 is 0 Å². The van der Waals surface area contributed by atoms with E-state index in [2.05, 4.69) is 24.1 Å². The molecule has 0 radical (unpaired) electrons. The van der Waals surface area contributed by atoms with Gasteiger partial charge in [0.1, 0.15) is 18.2 Å². The topological polar surface area (TPSA) is 34.1 Å². The van der Waals surface area contributed by atoms with Crippen molar-refractivity contribution in [1.82, 2.24) is 10.3 Å². The molecule has 112 valence electrons. The normalized spacial score (nSPS) is 10.9. The minimum absolute atomic E-state index is 0.123. The van der Waals surface area contributed by atoms with Gasteiger partial charge in [0, 0.05) is 23.2 Å². The molecule has 0 spiro atoms. The van der Waals surface area contributed by atoms with E-state index in [4.69, 9.17) is 16.3 Å². The summed E-state index contributed by atoms with van der Waals surface area (Å²) < 4.78 is 19.1. The highest BCUT2D eigenvalue weighted by atomic mass is 35.5. The Balaban J connectivity index is 1.93. The number of pyridine rings is 1. The Kier molecular flexibility index (Phi) is 5.53. The first kappa shape index (κ1) is 15.7. The molecule has 2 rings (SSSR count). The fourth-order valence-electron chi connectivity index (χ4n) is 1.72. The van der Waals surface area contributed by atoms with Crippen molar-refractivity contribution >= 4 is 11.6 Å². The van der Waals surface area contributed by atoms with Crippen LogP contribution in [-0.4, -0.2) is 11.0 Å². The fourth-order valence-corrected chi connectivity index (χ4v) is 1.92. The molecule has 1 aromatic carbocycles. The molecule has 0 fully saturated rings. The van der Waals surface area contributed by atoms with Crippen LogP contribution in [0.25, 0.3) is 0 Å². The van der Waals surface area contributed by atoms with Crippen molar-refractivity contribution in [3.05, 3.63) is 58.6 Å². The van der Waals surface area contributed by atoms with E-state index in [9.17, 15) is 4.39 Å². The molecule has 0 aliphatic carbocycles. The van der Waals surface area contributed by atoms with Crippen LogP contribution < -0.4 is 10.1 Å². The van der Waals surface area contributed by atoms with Crippen molar-refractivity contribution in [3.63, 3.8) is 0 Å². The van der Waals surface area contributed by atoms with Crippen LogP contribution in [0, 0.1) is 5.82 Å². The monoisotopic (exact) mass is 308 g/mol. The third-order valence-electron chi connectivity index (χ3n) is 2.89. The van der Waals surface area contributed by atoms with Crippen LogP contribution in [0.3, 0.4) is 0 Å². The Morgan fingerprint density at radius 2 is 2.10 bits per heavy atom. The molecule has 0 amide bonds. The van der Waals surface area contributed by atoms with Gasteiger partial charge < -0.3 is 10.1 Å². The number of aromatic nitrogens is 1. The zero-order valence-corrected chi connectivity index (χ0v) is 12.8. The number of ether oxygens (including phenoxy) is 1. The summed E-state index contributed by atoms with van der Waals surface area (Å²) in [5.74, 6) is 0.271. The molecular weight excluding hydrogens is 291 g/mol. The number of hydrogen-bond acceptors (Lipinski definition) is 3. The van der Waals surface area contributed by atoms with E-state index in [1.165, 1.54) is 12.1 Å². The highest BCUT2D eigenvalue weighted by Gasteiger charge is 2.05. The summed E-state index contributed by atoms with van der Waals surface area (Å²) in [6, 6.07) is 8.53. The summed E-state index contributed by atoms with van der Waals surface area (Å²) in [6.07, 6.45) is 1.64. The molecule has 0 unspecified atom stereocenters. The summed E-state index contributed by atoms with van der Waals surface area (Å²) in [4.78, 5) is 4.30. The molecule has 1 aromatic heterocycles. The van der Waals surface area contributed by atoms with E-state index in [1.807, 2.05) is 12.1 Å². The molecule has 5 heteroatoms. The maximum absolute atomic E-state index is 13.5. The van der Waals surface area contributed by atoms with Crippen LogP contribution in [0.1, 0.15) is 25.1 Å². The van der Waals surface area contributed by atoms with Crippen molar-refractivity contribution in [3.8, 4) is 5.75 Å². The summed E-state index contributed by atoms with van der Waals surface area (Å²) in [5, 5.41) is 3.77. The zero-order chi connectivity index (χ0) is 15.2. The van der Waals surface area contributed by atoms with Gasteiger partial charge in [0.15, 0.2) is 0 Å². The standard InChI is InChI=1S/C16H18ClFN2O/c1-11(2)19-8-14-4-5-15(9-20-14)21-10-12-7-13(17)3-6-16(12)18/h3-7,9,11,19H,8,10H2,1-2H3. The predicted molar refractivity (Wildman–Crippen MR) is 82.0 cm³/mol. The molecule has 21 heavy (non-hydrogen) atoms. The predicted octanol–water partition coefficient (Wildman–Crippen LogP) is 3.95. The van der Waals surface area contributed by atoms with Crippen LogP contribution in [-0.2, 0) is 13.2 Å². The van der Waals surface area contributed by atoms with Crippen molar-refractivity contribution in [2.24, 2.45) is 0 Å². The number of halogens is 2. The van der Waals surface area contributed by atoms with Crippen LogP contribution in [0.15, 0.2) is 36.5 Å². The average molecular weight is 309 g/mol. The third-order valence-corrected chi connectivity index (χ3v) is 3.13. The van der Waals surface area contributed by atoms with Gasteiger partial charge in [0.2, 0.25) is 0 Å². The van der Waals surface area contributed by atoms with Crippen LogP contribution in [0.4, 0.5) is 4.39 Å². The van der Waals surface area contributed by atoms with Crippen molar-refractivity contribution in [1.29, 1.82) is 0 Å². The number of hydrogen-bond donors (Lipinski definition) is 1. The van der Waals surface area contributed by atoms with Crippen LogP contribution in [0.5, 0.6) is 5.75 Å². The highest BCUT2D eigenvalue weighted by Crippen LogP contribution is 2.17. The largest absolute Gasteiger partial charge is 0.487 e. The second kappa shape index (κ2) is 7.38. The summed E-state index contributed by atoms with van der Waals surface area (Å²) in [6.45, 7) is 4.99. The fraction of sp³-hybridized carbons (Fsp3) is 0.312. The summed E-state index contributed by atoms with van der Waals surface area (Å²) in [5.41, 5.74) is 1.36. The zero-order valence-electron chi connectivity index (χ0n) is 12.1. The quantitative estimate of drug-likeness (QED) is 0.877. The summed E-state index contributed by atoms with van der Waals surface area (Å²) >= 11 is 5.84. The van der Waals surface area contributed by atoms with Gasteiger partial charge in [0.05, 0.1) is 11.9 Å². The van der Waals surface area contributed by atoms with Gasteiger partial charge in [-0.1, -0.05) is 25.4 Å². The lowest BCUT2D eigenvalue weighted by molar-refractivity contribution is 0.298. The molecule has 3 nitrogen and oxygen atoms in total. The lowest BCUT2D eigenvalue weighted by atomic mass is 10.2. The van der Waals surface area contributed by atoms with Crippen molar-refractivity contribution < 1.29 is 9.13 Å². The molecule has 0 aliphatic rings. The van der Waals surface area contributed by atoms with Gasteiger partial charge in [-0.25, -0.2) is 4.39 Å². The smallest absolute Gasteiger partial charge is 0.138 e. The molecule has 2 aromatic rings. The van der Waals surface area contributed by atoms with Gasteiger partial charge in [-0.2, -0.15) is 0 Å². The second-order valence-electron chi connectivity index (χ2n) is 5.05. The molecule has 1 heterocycles. The lowest BCUT2D eigenvalue weighted by Gasteiger charge is -2.09. The molecule has 0 bridgehead atoms. The SMILES string of the molecule is CC(C)NCc1ccc(OCc2cc(Cl)ccc2F)cn1. The highest BCUT2D eigenvalue weighted by molar-refractivity contribution is 6.30. The number of nitrogens with one attached hydrogen (secondary N) is 1. The first-order valence-electron chi connectivity index (χ1n) is 6.79. The third kappa shape index (κ3) is 4.99. The molecule has 1 N–H and O–H groups in total. The van der Waals surface area contributed by atoms with Crippen molar-refractivity contribution in [2.75, 3.05) is 0 Å². The number of rotatable bonds is 6. The van der Waals surface area contributed by atoms with Crippen LogP contribution >= 0.6 is 11.6 Å². The summed E-state index contributed by atoms with van der Waals surface area (Å²) in [7, 11) is 0. The maximum atomic E-state index is 13.5. The minimum Gasteiger partial charge on any atom is -0.487 e. The Morgan fingerprint density at radius 1 is 1.29 bits per heavy atom. The number of benzene rings is 1. The Labute approximate surface area is 129 Å². The first-order chi connectivity index (χ1) is 10.0. The van der Waals surface area contributed by atoms with E-state index in [0.717, 1.165) is 5.69 Å². The Hall–Kier alpha value is -1.65. The minimum atomic E-state index is -0.329. The van der Waals surface area contributed by atoms with Crippen LogP contribution in [0.2, 0.25) is 5.02 Å². The first-order valence-corrected chi connectivity index (χ1v) is 7.17. The molecule has 0 aliphatic heterocycles. The Bertz CT molecular complexity index is 587. The van der Waals surface area contributed by atoms with Gasteiger partial charge >= 0.3 is 0 Å². The van der Waals surface area contributed by atoms with Gasteiger partial charge in [0.25, 0.3) is 0 Å². The Morgan fingerprint density at radius 3 is 2.76 bits per heavy atom. The maximum Gasteiger partial charge on any atom is 0.138 e. The number of nitrogens with zero attached hydrogens (tertiary/aromatic N) is 1. The van der Waals surface area contributed by atoms with Gasteiger partial charge in [-0.05, 0) is 30.3 Å². The van der Waals surface area contributed by atoms with E-state index >= 15 is 0 Å².